The molecule has 1 fully saturated rings. The van der Waals surface area contributed by atoms with Gasteiger partial charge in [-0.25, -0.2) is 0 Å². The largest absolute Gasteiger partial charge is 0.392 e. The number of β-amino-alcohol motifs (C(OH)–C–C–N with tert-alkyl or cyclic N) is 1. The molecule has 1 aliphatic heterocycles. The molecule has 3 atom stereocenters. The molecule has 17 heavy (non-hydrogen) atoms. The van der Waals surface area contributed by atoms with Crippen LogP contribution in [-0.4, -0.2) is 29.7 Å². The fraction of sp³-hybridized carbons (Fsp3) is 0.462. The highest BCUT2D eigenvalue weighted by atomic mass is 16.3. The van der Waals surface area contributed by atoms with Gasteiger partial charge in [0.25, 0.3) is 0 Å². The van der Waals surface area contributed by atoms with E-state index in [9.17, 15) is 9.90 Å². The average Bonchev–Trinajstić information content (AvgIpc) is 2.77. The highest BCUT2D eigenvalue weighted by Gasteiger charge is 2.28. The fourth-order valence-corrected chi connectivity index (χ4v) is 2.06. The van der Waals surface area contributed by atoms with Crippen LogP contribution in [0.3, 0.4) is 0 Å². The van der Waals surface area contributed by atoms with Crippen molar-refractivity contribution in [3.63, 3.8) is 0 Å². The standard InChI is InChI=1S/C13H18N2O2/c1-9(10-5-3-2-4-6-10)15-13(17)12-7-11(16)8-14-12/h2-6,9,11-12,14,16H,7-8H2,1H3,(H,15,17)/t9-,11-,12+/m1/s1. The first-order valence-corrected chi connectivity index (χ1v) is 5.93. The Balaban J connectivity index is 1.91. The quantitative estimate of drug-likeness (QED) is 0.717. The van der Waals surface area contributed by atoms with Crippen molar-refractivity contribution in [3.8, 4) is 0 Å². The van der Waals surface area contributed by atoms with Gasteiger partial charge in [0.15, 0.2) is 0 Å². The van der Waals surface area contributed by atoms with Crippen molar-refractivity contribution in [1.82, 2.24) is 10.6 Å². The molecule has 2 rings (SSSR count). The number of nitrogens with one attached hydrogen (secondary N) is 2. The van der Waals surface area contributed by atoms with E-state index in [0.29, 0.717) is 13.0 Å². The number of rotatable bonds is 3. The molecule has 1 aromatic carbocycles. The molecule has 1 heterocycles. The van der Waals surface area contributed by atoms with Gasteiger partial charge in [-0.3, -0.25) is 4.79 Å². The van der Waals surface area contributed by atoms with Gasteiger partial charge in [0.1, 0.15) is 0 Å². The zero-order valence-corrected chi connectivity index (χ0v) is 9.89. The topological polar surface area (TPSA) is 61.4 Å². The molecule has 4 nitrogen and oxygen atoms in total. The number of hydrogen-bond acceptors (Lipinski definition) is 3. The van der Waals surface area contributed by atoms with E-state index in [1.165, 1.54) is 0 Å². The van der Waals surface area contributed by atoms with Crippen molar-refractivity contribution < 1.29 is 9.90 Å². The van der Waals surface area contributed by atoms with Gasteiger partial charge in [-0.15, -0.1) is 0 Å². The Labute approximate surface area is 101 Å². The molecule has 1 saturated heterocycles. The Morgan fingerprint density at radius 1 is 1.47 bits per heavy atom. The molecular weight excluding hydrogens is 216 g/mol. The van der Waals surface area contributed by atoms with Gasteiger partial charge in [0, 0.05) is 6.54 Å². The second kappa shape index (κ2) is 5.29. The molecular formula is C13H18N2O2. The molecule has 1 aliphatic rings. The maximum absolute atomic E-state index is 11.9. The summed E-state index contributed by atoms with van der Waals surface area (Å²) in [7, 11) is 0. The summed E-state index contributed by atoms with van der Waals surface area (Å²) >= 11 is 0. The van der Waals surface area contributed by atoms with Crippen LogP contribution < -0.4 is 10.6 Å². The summed E-state index contributed by atoms with van der Waals surface area (Å²) in [5, 5.41) is 15.3. The predicted molar refractivity (Wildman–Crippen MR) is 65.4 cm³/mol. The van der Waals surface area contributed by atoms with Crippen LogP contribution in [0.25, 0.3) is 0 Å². The van der Waals surface area contributed by atoms with Gasteiger partial charge >= 0.3 is 0 Å². The lowest BCUT2D eigenvalue weighted by molar-refractivity contribution is -0.123. The lowest BCUT2D eigenvalue weighted by Gasteiger charge is -2.17. The number of carbonyl (C=O) groups is 1. The number of hydrogen-bond donors (Lipinski definition) is 3. The summed E-state index contributed by atoms with van der Waals surface area (Å²) in [6.07, 6.45) is 0.0886. The van der Waals surface area contributed by atoms with Crippen molar-refractivity contribution in [3.05, 3.63) is 35.9 Å². The lowest BCUT2D eigenvalue weighted by Crippen LogP contribution is -2.41. The van der Waals surface area contributed by atoms with Gasteiger partial charge in [-0.1, -0.05) is 30.3 Å². The SMILES string of the molecule is C[C@@H](NC(=O)[C@@H]1C[C@@H](O)CN1)c1ccccc1. The number of benzene rings is 1. The third-order valence-electron chi connectivity index (χ3n) is 3.08. The zero-order chi connectivity index (χ0) is 12.3. The van der Waals surface area contributed by atoms with E-state index in [1.54, 1.807) is 0 Å². The maximum atomic E-state index is 11.9. The van der Waals surface area contributed by atoms with Gasteiger partial charge in [-0.2, -0.15) is 0 Å². The van der Waals surface area contributed by atoms with E-state index >= 15 is 0 Å². The van der Waals surface area contributed by atoms with Gasteiger partial charge < -0.3 is 15.7 Å². The number of amides is 1. The molecule has 4 heteroatoms. The van der Waals surface area contributed by atoms with Crippen LogP contribution in [0.15, 0.2) is 30.3 Å². The minimum absolute atomic E-state index is 0.0109. The minimum atomic E-state index is -0.405. The summed E-state index contributed by atoms with van der Waals surface area (Å²) < 4.78 is 0. The minimum Gasteiger partial charge on any atom is -0.392 e. The third kappa shape index (κ3) is 3.05. The first-order valence-electron chi connectivity index (χ1n) is 5.93. The summed E-state index contributed by atoms with van der Waals surface area (Å²) in [4.78, 5) is 11.9. The fourth-order valence-electron chi connectivity index (χ4n) is 2.06. The molecule has 1 aromatic rings. The van der Waals surface area contributed by atoms with E-state index in [-0.39, 0.29) is 18.0 Å². The highest BCUT2D eigenvalue weighted by Crippen LogP contribution is 2.13. The van der Waals surface area contributed by atoms with Crippen LogP contribution in [0.1, 0.15) is 24.9 Å². The molecule has 0 aromatic heterocycles. The average molecular weight is 234 g/mol. The van der Waals surface area contributed by atoms with E-state index in [2.05, 4.69) is 10.6 Å². The smallest absolute Gasteiger partial charge is 0.237 e. The third-order valence-corrected chi connectivity index (χ3v) is 3.08. The first-order chi connectivity index (χ1) is 8.16. The molecule has 3 N–H and O–H groups in total. The summed E-state index contributed by atoms with van der Waals surface area (Å²) in [6.45, 7) is 2.45. The van der Waals surface area contributed by atoms with Crippen LogP contribution >= 0.6 is 0 Å². The first kappa shape index (κ1) is 12.1. The molecule has 0 radical (unpaired) electrons. The summed E-state index contributed by atoms with van der Waals surface area (Å²) in [5.74, 6) is -0.0436. The van der Waals surface area contributed by atoms with E-state index in [0.717, 1.165) is 5.56 Å². The maximum Gasteiger partial charge on any atom is 0.237 e. The Hall–Kier alpha value is -1.39. The second-order valence-corrected chi connectivity index (χ2v) is 4.49. The van der Waals surface area contributed by atoms with E-state index in [1.807, 2.05) is 37.3 Å². The van der Waals surface area contributed by atoms with Gasteiger partial charge in [0.2, 0.25) is 5.91 Å². The number of aliphatic hydroxyl groups excluding tert-OH is 1. The van der Waals surface area contributed by atoms with Gasteiger partial charge in [-0.05, 0) is 18.9 Å². The zero-order valence-electron chi connectivity index (χ0n) is 9.89. The molecule has 0 spiro atoms. The van der Waals surface area contributed by atoms with Crippen LogP contribution in [0.5, 0.6) is 0 Å². The van der Waals surface area contributed by atoms with Crippen molar-refractivity contribution in [2.75, 3.05) is 6.54 Å². The Morgan fingerprint density at radius 2 is 2.18 bits per heavy atom. The van der Waals surface area contributed by atoms with Crippen LogP contribution in [0, 0.1) is 0 Å². The summed E-state index contributed by atoms with van der Waals surface area (Å²) in [6, 6.07) is 9.56. The molecule has 0 aliphatic carbocycles. The Bertz CT molecular complexity index is 380. The number of aliphatic hydroxyl groups is 1. The molecule has 0 saturated carbocycles. The Kier molecular flexibility index (Phi) is 3.76. The van der Waals surface area contributed by atoms with Crippen molar-refractivity contribution in [2.24, 2.45) is 0 Å². The molecule has 0 unspecified atom stereocenters. The van der Waals surface area contributed by atoms with Crippen LogP contribution in [-0.2, 0) is 4.79 Å². The van der Waals surface area contributed by atoms with Crippen molar-refractivity contribution in [1.29, 1.82) is 0 Å². The number of carbonyl (C=O) groups excluding carboxylic acids is 1. The second-order valence-electron chi connectivity index (χ2n) is 4.49. The van der Waals surface area contributed by atoms with E-state index < -0.39 is 6.10 Å². The highest BCUT2D eigenvalue weighted by molar-refractivity contribution is 5.82. The van der Waals surface area contributed by atoms with Crippen molar-refractivity contribution >= 4 is 5.91 Å². The predicted octanol–water partition coefficient (Wildman–Crippen LogP) is 0.587. The Morgan fingerprint density at radius 3 is 2.76 bits per heavy atom. The molecule has 92 valence electrons. The lowest BCUT2D eigenvalue weighted by atomic mass is 10.1. The van der Waals surface area contributed by atoms with E-state index in [4.69, 9.17) is 0 Å². The van der Waals surface area contributed by atoms with Crippen LogP contribution in [0.4, 0.5) is 0 Å². The normalized spacial score (nSPS) is 25.5. The molecule has 0 bridgehead atoms. The monoisotopic (exact) mass is 234 g/mol. The van der Waals surface area contributed by atoms with Crippen LogP contribution in [0.2, 0.25) is 0 Å². The summed E-state index contributed by atoms with van der Waals surface area (Å²) in [5.41, 5.74) is 1.08. The molecule has 1 amide bonds. The van der Waals surface area contributed by atoms with Gasteiger partial charge in [0.05, 0.1) is 18.2 Å². The van der Waals surface area contributed by atoms with Crippen molar-refractivity contribution in [2.45, 2.75) is 31.5 Å².